The number of carbonyl (C=O) groups excluding carboxylic acids is 2. The van der Waals surface area contributed by atoms with Gasteiger partial charge in [0, 0.05) is 10.6 Å². The standard InChI is InChI=1S/C29H23ClN2O5S/c1-3-15-37-21-10-5-17(6-11-21)25-24(26(33)18-7-12-20(13-8-18)36-4-2)27(34)28(35)32(25)29-31-22-14-9-19(30)16-23(22)38-29/h3,5-14,16,25,33H,1,4,15H2,2H3/b26-24+. The Balaban J connectivity index is 1.65. The van der Waals surface area contributed by atoms with Gasteiger partial charge in [0.25, 0.3) is 5.78 Å². The number of ketones is 1. The highest BCUT2D eigenvalue weighted by Gasteiger charge is 2.48. The number of ether oxygens (including phenoxy) is 2. The molecule has 0 saturated carbocycles. The van der Waals surface area contributed by atoms with Crippen LogP contribution in [0, 0.1) is 0 Å². The van der Waals surface area contributed by atoms with E-state index in [1.165, 1.54) is 16.2 Å². The quantitative estimate of drug-likeness (QED) is 0.117. The normalized spacial score (nSPS) is 16.7. The second-order valence-electron chi connectivity index (χ2n) is 8.40. The lowest BCUT2D eigenvalue weighted by Gasteiger charge is -2.23. The van der Waals surface area contributed by atoms with E-state index in [0.717, 1.165) is 4.70 Å². The Kier molecular flexibility index (Phi) is 7.18. The van der Waals surface area contributed by atoms with Crippen molar-refractivity contribution < 1.29 is 24.2 Å². The molecule has 0 bridgehead atoms. The SMILES string of the molecule is C=CCOc1ccc(C2/C(=C(\O)c3ccc(OCC)cc3)C(=O)C(=O)N2c2nc3ccc(Cl)cc3s2)cc1. The molecule has 4 aromatic rings. The molecule has 7 nitrogen and oxygen atoms in total. The number of hydrogen-bond donors (Lipinski definition) is 1. The molecule has 1 aromatic heterocycles. The zero-order chi connectivity index (χ0) is 26.8. The number of aromatic nitrogens is 1. The van der Waals surface area contributed by atoms with Gasteiger partial charge in [0.15, 0.2) is 5.13 Å². The summed E-state index contributed by atoms with van der Waals surface area (Å²) in [6.07, 6.45) is 1.64. The van der Waals surface area contributed by atoms with E-state index in [-0.39, 0.29) is 11.3 Å². The molecule has 9 heteroatoms. The monoisotopic (exact) mass is 546 g/mol. The number of aliphatic hydroxyl groups excluding tert-OH is 1. The van der Waals surface area contributed by atoms with E-state index in [1.807, 2.05) is 6.92 Å². The topological polar surface area (TPSA) is 89.0 Å². The van der Waals surface area contributed by atoms with Crippen molar-refractivity contribution in [1.29, 1.82) is 0 Å². The Bertz CT molecular complexity index is 1560. The molecule has 1 N–H and O–H groups in total. The number of rotatable bonds is 8. The summed E-state index contributed by atoms with van der Waals surface area (Å²) < 4.78 is 11.8. The van der Waals surface area contributed by atoms with Crippen LogP contribution in [0.5, 0.6) is 11.5 Å². The van der Waals surface area contributed by atoms with Gasteiger partial charge in [-0.3, -0.25) is 14.5 Å². The number of nitrogens with zero attached hydrogens (tertiary/aromatic N) is 2. The third-order valence-corrected chi connectivity index (χ3v) is 7.24. The van der Waals surface area contributed by atoms with E-state index < -0.39 is 17.7 Å². The summed E-state index contributed by atoms with van der Waals surface area (Å²) in [5.74, 6) is -0.628. The third kappa shape index (κ3) is 4.76. The van der Waals surface area contributed by atoms with Crippen molar-refractivity contribution in [3.63, 3.8) is 0 Å². The summed E-state index contributed by atoms with van der Waals surface area (Å²) in [5, 5.41) is 12.2. The Morgan fingerprint density at radius 3 is 2.45 bits per heavy atom. The summed E-state index contributed by atoms with van der Waals surface area (Å²) in [7, 11) is 0. The smallest absolute Gasteiger partial charge is 0.301 e. The zero-order valence-corrected chi connectivity index (χ0v) is 22.0. The lowest BCUT2D eigenvalue weighted by atomic mass is 9.95. The Morgan fingerprint density at radius 2 is 1.76 bits per heavy atom. The van der Waals surface area contributed by atoms with Crippen LogP contribution in [0.2, 0.25) is 5.02 Å². The number of halogens is 1. The molecule has 38 heavy (non-hydrogen) atoms. The summed E-state index contributed by atoms with van der Waals surface area (Å²) >= 11 is 7.40. The molecule has 1 saturated heterocycles. The minimum atomic E-state index is -0.911. The van der Waals surface area contributed by atoms with Gasteiger partial charge in [-0.2, -0.15) is 0 Å². The van der Waals surface area contributed by atoms with Gasteiger partial charge in [-0.25, -0.2) is 4.98 Å². The number of carbonyl (C=O) groups is 2. The van der Waals surface area contributed by atoms with Crippen molar-refractivity contribution in [3.8, 4) is 11.5 Å². The van der Waals surface area contributed by atoms with Crippen LogP contribution < -0.4 is 14.4 Å². The molecule has 0 aliphatic carbocycles. The first-order chi connectivity index (χ1) is 18.4. The molecule has 5 rings (SSSR count). The number of thiazole rings is 1. The molecular formula is C29H23ClN2O5S. The van der Waals surface area contributed by atoms with Crippen LogP contribution in [0.4, 0.5) is 5.13 Å². The minimum Gasteiger partial charge on any atom is -0.507 e. The first-order valence-electron chi connectivity index (χ1n) is 11.8. The molecule has 1 fully saturated rings. The molecule has 1 atom stereocenters. The van der Waals surface area contributed by atoms with Crippen molar-refractivity contribution in [1.82, 2.24) is 4.98 Å². The largest absolute Gasteiger partial charge is 0.507 e. The first kappa shape index (κ1) is 25.5. The molecule has 3 aromatic carbocycles. The molecule has 1 amide bonds. The van der Waals surface area contributed by atoms with Gasteiger partial charge in [-0.1, -0.05) is 47.7 Å². The molecule has 0 spiro atoms. The van der Waals surface area contributed by atoms with Crippen LogP contribution in [0.3, 0.4) is 0 Å². The van der Waals surface area contributed by atoms with Gasteiger partial charge >= 0.3 is 5.91 Å². The van der Waals surface area contributed by atoms with Gasteiger partial charge in [0.1, 0.15) is 23.9 Å². The van der Waals surface area contributed by atoms with Gasteiger partial charge < -0.3 is 14.6 Å². The fourth-order valence-corrected chi connectivity index (χ4v) is 5.54. The second-order valence-corrected chi connectivity index (χ2v) is 9.85. The molecule has 192 valence electrons. The predicted molar refractivity (Wildman–Crippen MR) is 149 cm³/mol. The predicted octanol–water partition coefficient (Wildman–Crippen LogP) is 6.54. The maximum atomic E-state index is 13.4. The number of fused-ring (bicyclic) bond motifs is 1. The van der Waals surface area contributed by atoms with Gasteiger partial charge in [-0.15, -0.1) is 0 Å². The van der Waals surface area contributed by atoms with Gasteiger partial charge in [0.05, 0.1) is 28.4 Å². The molecule has 1 unspecified atom stereocenters. The van der Waals surface area contributed by atoms with Crippen molar-refractivity contribution in [2.45, 2.75) is 13.0 Å². The van der Waals surface area contributed by atoms with Crippen LogP contribution in [-0.2, 0) is 9.59 Å². The van der Waals surface area contributed by atoms with Crippen LogP contribution >= 0.6 is 22.9 Å². The van der Waals surface area contributed by atoms with Crippen molar-refractivity contribution >= 4 is 55.7 Å². The number of benzene rings is 3. The average Bonchev–Trinajstić information content (AvgIpc) is 3.45. The van der Waals surface area contributed by atoms with Gasteiger partial charge in [0.2, 0.25) is 0 Å². The Morgan fingerprint density at radius 1 is 1.08 bits per heavy atom. The molecule has 0 radical (unpaired) electrons. The second kappa shape index (κ2) is 10.7. The lowest BCUT2D eigenvalue weighted by Crippen LogP contribution is -2.29. The number of hydrogen-bond acceptors (Lipinski definition) is 7. The Hall–Kier alpha value is -4.14. The van der Waals surface area contributed by atoms with Gasteiger partial charge in [-0.05, 0) is 67.1 Å². The van der Waals surface area contributed by atoms with Crippen molar-refractivity contribution in [3.05, 3.63) is 101 Å². The van der Waals surface area contributed by atoms with E-state index in [1.54, 1.807) is 72.8 Å². The fourth-order valence-electron chi connectivity index (χ4n) is 4.27. The zero-order valence-electron chi connectivity index (χ0n) is 20.4. The van der Waals surface area contributed by atoms with E-state index in [2.05, 4.69) is 11.6 Å². The highest BCUT2D eigenvalue weighted by atomic mass is 35.5. The average molecular weight is 547 g/mol. The molecule has 1 aliphatic heterocycles. The van der Waals surface area contributed by atoms with E-state index in [9.17, 15) is 14.7 Å². The summed E-state index contributed by atoms with van der Waals surface area (Å²) in [4.78, 5) is 32.8. The minimum absolute atomic E-state index is 0.0313. The third-order valence-electron chi connectivity index (χ3n) is 5.99. The molecule has 2 heterocycles. The number of Topliss-reactive ketones (excluding diaryl/α,β-unsaturated/α-hetero) is 1. The molecule has 1 aliphatic rings. The van der Waals surface area contributed by atoms with Crippen molar-refractivity contribution in [2.24, 2.45) is 0 Å². The molecular weight excluding hydrogens is 524 g/mol. The first-order valence-corrected chi connectivity index (χ1v) is 13.0. The number of anilines is 1. The highest BCUT2D eigenvalue weighted by Crippen LogP contribution is 2.44. The van der Waals surface area contributed by atoms with E-state index in [4.69, 9.17) is 21.1 Å². The number of amides is 1. The van der Waals surface area contributed by atoms with E-state index in [0.29, 0.717) is 51.5 Å². The van der Waals surface area contributed by atoms with E-state index >= 15 is 0 Å². The maximum absolute atomic E-state index is 13.4. The van der Waals surface area contributed by atoms with Crippen molar-refractivity contribution in [2.75, 3.05) is 18.1 Å². The Labute approximate surface area is 228 Å². The van der Waals surface area contributed by atoms with Crippen LogP contribution in [0.1, 0.15) is 24.1 Å². The summed E-state index contributed by atoms with van der Waals surface area (Å²) in [5.41, 5.74) is 1.62. The van der Waals surface area contributed by atoms with Crippen LogP contribution in [-0.4, -0.2) is 35.0 Å². The summed E-state index contributed by atoms with van der Waals surface area (Å²) in [6, 6.07) is 18.0. The fraction of sp³-hybridized carbons (Fsp3) is 0.138. The summed E-state index contributed by atoms with van der Waals surface area (Å²) in [6.45, 7) is 6.36. The van der Waals surface area contributed by atoms with Crippen LogP contribution in [0.15, 0.2) is 85.0 Å². The lowest BCUT2D eigenvalue weighted by molar-refractivity contribution is -0.132. The highest BCUT2D eigenvalue weighted by molar-refractivity contribution is 7.22. The van der Waals surface area contributed by atoms with Crippen LogP contribution in [0.25, 0.3) is 16.0 Å². The maximum Gasteiger partial charge on any atom is 0.301 e. The number of aliphatic hydroxyl groups is 1.